The van der Waals surface area contributed by atoms with E-state index in [0.29, 0.717) is 19.3 Å². The topological polar surface area (TPSA) is 141 Å². The molecule has 0 saturated carbocycles. The second-order valence-electron chi connectivity index (χ2n) is 10.5. The van der Waals surface area contributed by atoms with Gasteiger partial charge in [-0.2, -0.15) is 0 Å². The van der Waals surface area contributed by atoms with Crippen LogP contribution in [0, 0.1) is 5.92 Å². The molecule has 1 aliphatic heterocycles. The Morgan fingerprint density at radius 3 is 2.12 bits per heavy atom. The first kappa shape index (κ1) is 31.3. The third kappa shape index (κ3) is 10.7. The Balaban J connectivity index is 1.76. The number of carbonyl (C=O) groups excluding carboxylic acids is 3. The number of rotatable bonds is 14. The molecule has 4 amide bonds. The van der Waals surface area contributed by atoms with Crippen LogP contribution in [0.25, 0.3) is 0 Å². The van der Waals surface area contributed by atoms with Crippen molar-refractivity contribution in [2.45, 2.75) is 63.8 Å². The van der Waals surface area contributed by atoms with Crippen molar-refractivity contribution in [3.05, 3.63) is 83.6 Å². The lowest BCUT2D eigenvalue weighted by atomic mass is 9.93. The molecule has 2 aromatic carbocycles. The van der Waals surface area contributed by atoms with Crippen LogP contribution in [-0.2, 0) is 22.4 Å². The van der Waals surface area contributed by atoms with Crippen LogP contribution in [0.1, 0.15) is 37.8 Å². The number of hydrogen-bond donors (Lipinski definition) is 5. The monoisotopic (exact) mass is 563 g/mol. The summed E-state index contributed by atoms with van der Waals surface area (Å²) >= 11 is 0. The predicted molar refractivity (Wildman–Crippen MR) is 159 cm³/mol. The Morgan fingerprint density at radius 1 is 0.927 bits per heavy atom. The van der Waals surface area contributed by atoms with E-state index in [4.69, 9.17) is 4.74 Å². The van der Waals surface area contributed by atoms with Gasteiger partial charge >= 0.3 is 12.1 Å². The molecule has 0 radical (unpaired) electrons. The molecule has 10 nitrogen and oxygen atoms in total. The molecule has 0 fully saturated rings. The van der Waals surface area contributed by atoms with Crippen molar-refractivity contribution in [1.29, 1.82) is 0 Å². The summed E-state index contributed by atoms with van der Waals surface area (Å²) in [6, 6.07) is 16.8. The number of carbonyl (C=O) groups is 3. The predicted octanol–water partition coefficient (Wildman–Crippen LogP) is 3.11. The van der Waals surface area contributed by atoms with E-state index >= 15 is 0 Å². The quantitative estimate of drug-likeness (QED) is 0.240. The average molecular weight is 564 g/mol. The van der Waals surface area contributed by atoms with Crippen LogP contribution >= 0.6 is 0 Å². The first-order valence-corrected chi connectivity index (χ1v) is 13.9. The molecule has 4 atom stereocenters. The lowest BCUT2D eigenvalue weighted by Crippen LogP contribution is -2.55. The van der Waals surface area contributed by atoms with E-state index < -0.39 is 36.4 Å². The van der Waals surface area contributed by atoms with Gasteiger partial charge in [0, 0.05) is 31.9 Å². The van der Waals surface area contributed by atoms with Crippen LogP contribution in [0.2, 0.25) is 0 Å². The number of alkyl carbamates (subject to hydrolysis) is 1. The summed E-state index contributed by atoms with van der Waals surface area (Å²) in [5, 5.41) is 22.5. The highest BCUT2D eigenvalue weighted by Gasteiger charge is 2.30. The summed E-state index contributed by atoms with van der Waals surface area (Å²) in [6.45, 7) is 3.81. The maximum atomic E-state index is 13.3. The van der Waals surface area contributed by atoms with Crippen molar-refractivity contribution in [2.24, 2.45) is 10.9 Å². The molecule has 0 saturated heterocycles. The lowest BCUT2D eigenvalue weighted by molar-refractivity contribution is -0.124. The summed E-state index contributed by atoms with van der Waals surface area (Å²) in [6.07, 6.45) is 3.36. The van der Waals surface area contributed by atoms with Crippen molar-refractivity contribution < 1.29 is 24.2 Å². The average Bonchev–Trinajstić information content (AvgIpc) is 3.49. The molecule has 0 spiro atoms. The fourth-order valence-corrected chi connectivity index (χ4v) is 4.57. The molecule has 0 bridgehead atoms. The van der Waals surface area contributed by atoms with E-state index in [1.807, 2.05) is 74.5 Å². The first-order valence-electron chi connectivity index (χ1n) is 13.9. The van der Waals surface area contributed by atoms with Crippen LogP contribution in [0.4, 0.5) is 9.59 Å². The number of hydrogen-bond acceptors (Lipinski definition) is 6. The van der Waals surface area contributed by atoms with Crippen LogP contribution in [0.3, 0.4) is 0 Å². The number of ether oxygens (including phenoxy) is 1. The van der Waals surface area contributed by atoms with Gasteiger partial charge in [-0.3, -0.25) is 9.79 Å². The third-order valence-corrected chi connectivity index (χ3v) is 6.83. The number of aliphatic hydroxyl groups is 1. The molecule has 2 aromatic rings. The summed E-state index contributed by atoms with van der Waals surface area (Å²) in [5.74, 6) is -0.520. The number of urea groups is 1. The normalized spacial score (nSPS) is 15.3. The number of amides is 4. The van der Waals surface area contributed by atoms with Gasteiger partial charge in [0.05, 0.1) is 12.1 Å². The van der Waals surface area contributed by atoms with E-state index in [2.05, 4.69) is 26.3 Å². The Kier molecular flexibility index (Phi) is 12.4. The second-order valence-corrected chi connectivity index (χ2v) is 10.5. The highest BCUT2D eigenvalue weighted by Crippen LogP contribution is 2.15. The van der Waals surface area contributed by atoms with E-state index in [0.717, 1.165) is 16.7 Å². The van der Waals surface area contributed by atoms with Crippen molar-refractivity contribution >= 4 is 24.2 Å². The molecule has 0 unspecified atom stereocenters. The molecule has 41 heavy (non-hydrogen) atoms. The Bertz CT molecular complexity index is 1190. The number of aliphatic hydroxyl groups excluding tert-OH is 1. The zero-order valence-electron chi connectivity index (χ0n) is 23.9. The van der Waals surface area contributed by atoms with Crippen molar-refractivity contribution in [3.8, 4) is 0 Å². The fraction of sp³-hybridized carbons (Fsp3) is 0.419. The molecule has 5 N–H and O–H groups in total. The van der Waals surface area contributed by atoms with Gasteiger partial charge in [-0.1, -0.05) is 74.5 Å². The second kappa shape index (κ2) is 16.2. The van der Waals surface area contributed by atoms with Crippen LogP contribution < -0.4 is 21.3 Å². The van der Waals surface area contributed by atoms with Gasteiger partial charge in [0.15, 0.2) is 0 Å². The minimum absolute atomic E-state index is 0.113. The zero-order chi connectivity index (χ0) is 29.6. The highest BCUT2D eigenvalue weighted by atomic mass is 16.5. The van der Waals surface area contributed by atoms with Gasteiger partial charge in [-0.15, -0.1) is 0 Å². The maximum absolute atomic E-state index is 13.3. The van der Waals surface area contributed by atoms with Gasteiger partial charge in [0.1, 0.15) is 12.6 Å². The van der Waals surface area contributed by atoms with Crippen molar-refractivity contribution in [1.82, 2.24) is 21.3 Å². The van der Waals surface area contributed by atoms with Crippen molar-refractivity contribution in [3.63, 3.8) is 0 Å². The minimum Gasteiger partial charge on any atom is -0.445 e. The molecule has 1 heterocycles. The SMILES string of the molecule is CNC(=O)N[C@H](C(=O)N[C@@H](Cc1ccccc1)C[C@H](O)[C@H](Cc1ccccc1)NC(=O)OCC1=CN=CC1)C(C)C. The summed E-state index contributed by atoms with van der Waals surface area (Å²) in [4.78, 5) is 42.1. The largest absolute Gasteiger partial charge is 0.445 e. The fourth-order valence-electron chi connectivity index (χ4n) is 4.57. The third-order valence-electron chi connectivity index (χ3n) is 6.83. The van der Waals surface area contributed by atoms with Gasteiger partial charge in [0.25, 0.3) is 0 Å². The molecule has 10 heteroatoms. The van der Waals surface area contributed by atoms with Gasteiger partial charge in [-0.05, 0) is 41.9 Å². The molecular weight excluding hydrogens is 522 g/mol. The van der Waals surface area contributed by atoms with E-state index in [1.165, 1.54) is 7.05 Å². The van der Waals surface area contributed by atoms with Gasteiger partial charge in [0.2, 0.25) is 5.91 Å². The summed E-state index contributed by atoms with van der Waals surface area (Å²) in [5.41, 5.74) is 2.79. The molecule has 220 valence electrons. The summed E-state index contributed by atoms with van der Waals surface area (Å²) in [7, 11) is 1.49. The van der Waals surface area contributed by atoms with E-state index in [1.54, 1.807) is 12.4 Å². The van der Waals surface area contributed by atoms with E-state index in [9.17, 15) is 19.5 Å². The standard InChI is InChI=1S/C31H41N5O5/c1-21(2)28(36-30(39)32-3)29(38)34-25(16-22-10-6-4-7-11-22)18-27(37)26(17-23-12-8-5-9-13-23)35-31(40)41-20-24-14-15-33-19-24/h4-13,15,19,21,25-28,37H,14,16-18,20H2,1-3H3,(H,34,38)(H,35,40)(H2,32,36,39)/t25-,26-,27-,28-/m0/s1. The van der Waals surface area contributed by atoms with Gasteiger partial charge < -0.3 is 31.1 Å². The van der Waals surface area contributed by atoms with E-state index in [-0.39, 0.29) is 24.9 Å². The van der Waals surface area contributed by atoms with Gasteiger partial charge in [-0.25, -0.2) is 9.59 Å². The lowest BCUT2D eigenvalue weighted by Gasteiger charge is -2.30. The highest BCUT2D eigenvalue weighted by molar-refractivity contribution is 5.87. The number of nitrogens with zero attached hydrogens (tertiary/aromatic N) is 1. The molecule has 3 rings (SSSR count). The molecule has 0 aromatic heterocycles. The minimum atomic E-state index is -1.02. The van der Waals surface area contributed by atoms with Crippen LogP contribution in [0.15, 0.2) is 77.4 Å². The summed E-state index contributed by atoms with van der Waals surface area (Å²) < 4.78 is 5.39. The first-order chi connectivity index (χ1) is 19.7. The Labute approximate surface area is 241 Å². The molecular formula is C31H41N5O5. The number of benzene rings is 2. The van der Waals surface area contributed by atoms with Crippen LogP contribution in [-0.4, -0.2) is 67.2 Å². The Hall–Kier alpha value is -4.18. The molecule has 1 aliphatic rings. The maximum Gasteiger partial charge on any atom is 0.407 e. The smallest absolute Gasteiger partial charge is 0.407 e. The number of aliphatic imine (C=N–C) groups is 1. The number of nitrogens with one attached hydrogen (secondary N) is 4. The molecule has 0 aliphatic carbocycles. The zero-order valence-corrected chi connectivity index (χ0v) is 23.9. The van der Waals surface area contributed by atoms with Crippen LogP contribution in [0.5, 0.6) is 0 Å². The van der Waals surface area contributed by atoms with Crippen molar-refractivity contribution in [2.75, 3.05) is 13.7 Å². The Morgan fingerprint density at radius 2 is 1.56 bits per heavy atom.